The van der Waals surface area contributed by atoms with Crippen LogP contribution in [0.1, 0.15) is 35.1 Å². The van der Waals surface area contributed by atoms with Crippen LogP contribution in [-0.4, -0.2) is 0 Å². The van der Waals surface area contributed by atoms with Crippen LogP contribution in [-0.2, 0) is 5.41 Å². The quantitative estimate of drug-likeness (QED) is 0.355. The summed E-state index contributed by atoms with van der Waals surface area (Å²) in [6, 6.07) is 35.4. The van der Waals surface area contributed by atoms with Crippen LogP contribution < -0.4 is 5.32 Å². The van der Waals surface area contributed by atoms with Gasteiger partial charge < -0.3 is 5.32 Å². The summed E-state index contributed by atoms with van der Waals surface area (Å²) in [7, 11) is 0. The molecule has 3 aliphatic rings. The van der Waals surface area contributed by atoms with E-state index in [9.17, 15) is 0 Å². The van der Waals surface area contributed by atoms with Crippen molar-refractivity contribution in [3.05, 3.63) is 137 Å². The maximum atomic E-state index is 3.63. The monoisotopic (exact) mass is 409 g/mol. The maximum absolute atomic E-state index is 3.63. The van der Waals surface area contributed by atoms with Crippen molar-refractivity contribution in [2.45, 2.75) is 18.3 Å². The highest BCUT2D eigenvalue weighted by Crippen LogP contribution is 2.63. The van der Waals surface area contributed by atoms with E-state index in [2.05, 4.69) is 115 Å². The van der Waals surface area contributed by atoms with E-state index in [1.165, 1.54) is 39.0 Å². The van der Waals surface area contributed by atoms with Gasteiger partial charge in [0.25, 0.3) is 0 Å². The number of nitrogens with one attached hydrogen (secondary N) is 1. The largest absolute Gasteiger partial charge is 0.356 e. The van der Waals surface area contributed by atoms with Crippen LogP contribution in [0.2, 0.25) is 0 Å². The highest BCUT2D eigenvalue weighted by atomic mass is 14.9. The SMILES string of the molecule is C1=CC2=C(CC1)C1(c3cc(Nc4ccccc4)ccc32)c2ccccc2-c2ccccc21. The average molecular weight is 410 g/mol. The summed E-state index contributed by atoms with van der Waals surface area (Å²) in [6.45, 7) is 0. The van der Waals surface area contributed by atoms with E-state index in [1.54, 1.807) is 5.57 Å². The molecule has 32 heavy (non-hydrogen) atoms. The number of anilines is 2. The Bertz CT molecular complexity index is 1390. The third kappa shape index (κ3) is 2.23. The summed E-state index contributed by atoms with van der Waals surface area (Å²) < 4.78 is 0. The van der Waals surface area contributed by atoms with E-state index in [-0.39, 0.29) is 5.41 Å². The number of allylic oxidation sites excluding steroid dienone is 4. The molecule has 0 heterocycles. The first kappa shape index (κ1) is 17.8. The Kier molecular flexibility index (Phi) is 3.66. The van der Waals surface area contributed by atoms with Gasteiger partial charge in [-0.05, 0) is 81.6 Å². The first-order valence-electron chi connectivity index (χ1n) is 11.4. The van der Waals surface area contributed by atoms with E-state index < -0.39 is 0 Å². The fourth-order valence-electron chi connectivity index (χ4n) is 6.17. The molecule has 0 saturated carbocycles. The van der Waals surface area contributed by atoms with Gasteiger partial charge in [-0.3, -0.25) is 0 Å². The Labute approximate surface area is 188 Å². The molecule has 152 valence electrons. The van der Waals surface area contributed by atoms with E-state index in [1.807, 2.05) is 0 Å². The van der Waals surface area contributed by atoms with Gasteiger partial charge in [-0.25, -0.2) is 0 Å². The number of hydrogen-bond acceptors (Lipinski definition) is 1. The molecule has 0 fully saturated rings. The van der Waals surface area contributed by atoms with E-state index in [0.29, 0.717) is 0 Å². The van der Waals surface area contributed by atoms with Gasteiger partial charge in [-0.2, -0.15) is 0 Å². The average Bonchev–Trinajstić information content (AvgIpc) is 3.32. The minimum absolute atomic E-state index is 0.197. The third-order valence-corrected chi connectivity index (χ3v) is 7.35. The van der Waals surface area contributed by atoms with E-state index in [4.69, 9.17) is 0 Å². The fraction of sp³-hybridized carbons (Fsp3) is 0.0968. The smallest absolute Gasteiger partial charge is 0.0689 e. The summed E-state index contributed by atoms with van der Waals surface area (Å²) in [4.78, 5) is 0. The van der Waals surface area contributed by atoms with Crippen molar-refractivity contribution in [1.82, 2.24) is 0 Å². The van der Waals surface area contributed by atoms with Crippen LogP contribution in [0.5, 0.6) is 0 Å². The molecular formula is C31H23N. The van der Waals surface area contributed by atoms with E-state index >= 15 is 0 Å². The number of para-hydroxylation sites is 1. The minimum atomic E-state index is -0.197. The predicted molar refractivity (Wildman–Crippen MR) is 133 cm³/mol. The zero-order valence-corrected chi connectivity index (χ0v) is 17.8. The summed E-state index contributed by atoms with van der Waals surface area (Å²) >= 11 is 0. The van der Waals surface area contributed by atoms with Gasteiger partial charge in [-0.1, -0.05) is 84.9 Å². The molecule has 7 rings (SSSR count). The Balaban J connectivity index is 1.53. The molecule has 0 radical (unpaired) electrons. The van der Waals surface area contributed by atoms with Crippen molar-refractivity contribution in [2.24, 2.45) is 0 Å². The lowest BCUT2D eigenvalue weighted by Gasteiger charge is -2.33. The molecule has 4 aromatic rings. The normalized spacial score (nSPS) is 16.5. The van der Waals surface area contributed by atoms with Gasteiger partial charge >= 0.3 is 0 Å². The van der Waals surface area contributed by atoms with Crippen molar-refractivity contribution in [3.8, 4) is 11.1 Å². The molecular weight excluding hydrogens is 386 g/mol. The Morgan fingerprint density at radius 3 is 2.03 bits per heavy atom. The Morgan fingerprint density at radius 1 is 0.594 bits per heavy atom. The van der Waals surface area contributed by atoms with Gasteiger partial charge in [0, 0.05) is 11.4 Å². The van der Waals surface area contributed by atoms with Gasteiger partial charge in [0.05, 0.1) is 5.41 Å². The summed E-state index contributed by atoms with van der Waals surface area (Å²) in [5.74, 6) is 0. The zero-order valence-electron chi connectivity index (χ0n) is 17.8. The van der Waals surface area contributed by atoms with Crippen LogP contribution in [0, 0.1) is 0 Å². The Morgan fingerprint density at radius 2 is 1.28 bits per heavy atom. The molecule has 0 unspecified atom stereocenters. The minimum Gasteiger partial charge on any atom is -0.356 e. The van der Waals surface area contributed by atoms with Crippen molar-refractivity contribution < 1.29 is 0 Å². The van der Waals surface area contributed by atoms with Crippen LogP contribution in [0.4, 0.5) is 11.4 Å². The van der Waals surface area contributed by atoms with Crippen LogP contribution in [0.3, 0.4) is 0 Å². The first-order chi connectivity index (χ1) is 15.9. The van der Waals surface area contributed by atoms with Crippen molar-refractivity contribution in [2.75, 3.05) is 5.32 Å². The zero-order chi connectivity index (χ0) is 21.1. The number of rotatable bonds is 2. The lowest BCUT2D eigenvalue weighted by Crippen LogP contribution is -2.27. The fourth-order valence-corrected chi connectivity index (χ4v) is 6.17. The molecule has 1 N–H and O–H groups in total. The number of fused-ring (bicyclic) bond motifs is 9. The van der Waals surface area contributed by atoms with Gasteiger partial charge in [0.1, 0.15) is 0 Å². The molecule has 0 atom stereocenters. The molecule has 0 amide bonds. The van der Waals surface area contributed by atoms with Crippen LogP contribution >= 0.6 is 0 Å². The second-order valence-electron chi connectivity index (χ2n) is 8.93. The maximum Gasteiger partial charge on any atom is 0.0689 e. The third-order valence-electron chi connectivity index (χ3n) is 7.35. The lowest BCUT2D eigenvalue weighted by molar-refractivity contribution is 0.714. The highest BCUT2D eigenvalue weighted by Gasteiger charge is 2.52. The van der Waals surface area contributed by atoms with Crippen LogP contribution in [0.15, 0.2) is 115 Å². The predicted octanol–water partition coefficient (Wildman–Crippen LogP) is 7.86. The molecule has 0 saturated heterocycles. The molecule has 1 heteroatoms. The molecule has 0 aromatic heterocycles. The second-order valence-corrected chi connectivity index (χ2v) is 8.93. The summed E-state index contributed by atoms with van der Waals surface area (Å²) in [5.41, 5.74) is 13.4. The molecule has 1 nitrogen and oxygen atoms in total. The van der Waals surface area contributed by atoms with Crippen molar-refractivity contribution >= 4 is 16.9 Å². The standard InChI is InChI=1S/C31H23N/c1-2-10-21(11-3-1)32-22-18-19-26-25-14-6-9-17-29(25)31(30(26)20-22)27-15-7-4-12-23(27)24-13-5-8-16-28(24)31/h1-8,10-16,18-20,32H,9,17H2. The molecule has 0 bridgehead atoms. The molecule has 1 spiro atoms. The summed E-state index contributed by atoms with van der Waals surface area (Å²) in [5, 5.41) is 3.63. The number of hydrogen-bond donors (Lipinski definition) is 1. The van der Waals surface area contributed by atoms with Gasteiger partial charge in [0.15, 0.2) is 0 Å². The van der Waals surface area contributed by atoms with Crippen LogP contribution in [0.25, 0.3) is 16.7 Å². The highest BCUT2D eigenvalue weighted by molar-refractivity contribution is 5.97. The molecule has 0 aliphatic heterocycles. The van der Waals surface area contributed by atoms with Crippen molar-refractivity contribution in [1.29, 1.82) is 0 Å². The van der Waals surface area contributed by atoms with Gasteiger partial charge in [-0.15, -0.1) is 0 Å². The van der Waals surface area contributed by atoms with E-state index in [0.717, 1.165) is 24.2 Å². The summed E-state index contributed by atoms with van der Waals surface area (Å²) in [6.07, 6.45) is 6.91. The molecule has 3 aliphatic carbocycles. The first-order valence-corrected chi connectivity index (χ1v) is 11.4. The van der Waals surface area contributed by atoms with Gasteiger partial charge in [0.2, 0.25) is 0 Å². The lowest BCUT2D eigenvalue weighted by atomic mass is 9.68. The molecule has 4 aromatic carbocycles. The second kappa shape index (κ2) is 6.58. The topological polar surface area (TPSA) is 12.0 Å². The van der Waals surface area contributed by atoms with Crippen molar-refractivity contribution in [3.63, 3.8) is 0 Å². The number of benzene rings is 4. The Hall–Kier alpha value is -3.84.